The lowest BCUT2D eigenvalue weighted by atomic mass is 9.81. The van der Waals surface area contributed by atoms with Crippen LogP contribution in [0.15, 0.2) is 0 Å². The Hall–Kier alpha value is -1.59. The van der Waals surface area contributed by atoms with E-state index in [-0.39, 0.29) is 30.8 Å². The first kappa shape index (κ1) is 13.8. The maximum absolute atomic E-state index is 11.7. The minimum atomic E-state index is -0.507. The largest absolute Gasteiger partial charge is 0.444 e. The zero-order valence-electron chi connectivity index (χ0n) is 11.5. The van der Waals surface area contributed by atoms with Crippen molar-refractivity contribution in [2.24, 2.45) is 11.8 Å². The lowest BCUT2D eigenvalue weighted by Gasteiger charge is -2.43. The second kappa shape index (κ2) is 4.83. The molecule has 0 bridgehead atoms. The Balaban J connectivity index is 1.81. The van der Waals surface area contributed by atoms with Gasteiger partial charge in [0.1, 0.15) is 5.60 Å². The maximum atomic E-state index is 11.7. The summed E-state index contributed by atoms with van der Waals surface area (Å²) in [7, 11) is 0. The topological polar surface area (TPSA) is 72.9 Å². The first-order chi connectivity index (χ1) is 8.74. The highest BCUT2D eigenvalue weighted by Crippen LogP contribution is 2.32. The van der Waals surface area contributed by atoms with Crippen LogP contribution in [0.25, 0.3) is 0 Å². The molecule has 0 aromatic carbocycles. The summed E-state index contributed by atoms with van der Waals surface area (Å²) < 4.78 is 9.74. The van der Waals surface area contributed by atoms with E-state index in [1.807, 2.05) is 20.8 Å². The van der Waals surface area contributed by atoms with Crippen LogP contribution in [0.4, 0.5) is 4.79 Å². The van der Waals surface area contributed by atoms with E-state index in [1.54, 1.807) is 4.90 Å². The van der Waals surface area contributed by atoms with Gasteiger partial charge >= 0.3 is 18.0 Å². The summed E-state index contributed by atoms with van der Waals surface area (Å²) in [6, 6.07) is 0. The summed E-state index contributed by atoms with van der Waals surface area (Å²) in [5.41, 5.74) is -0.507. The molecule has 6 heteroatoms. The number of cyclic esters (lactones) is 2. The predicted molar refractivity (Wildman–Crippen MR) is 65.1 cm³/mol. The number of carbonyl (C=O) groups is 3. The minimum absolute atomic E-state index is 0.00700. The molecule has 0 unspecified atom stereocenters. The molecule has 0 radical (unpaired) electrons. The fraction of sp³-hybridized carbons (Fsp3) is 0.769. The molecule has 0 spiro atoms. The van der Waals surface area contributed by atoms with E-state index in [4.69, 9.17) is 4.74 Å². The van der Waals surface area contributed by atoms with E-state index >= 15 is 0 Å². The van der Waals surface area contributed by atoms with Crippen molar-refractivity contribution in [2.45, 2.75) is 39.2 Å². The lowest BCUT2D eigenvalue weighted by molar-refractivity contribution is -0.167. The smallest absolute Gasteiger partial charge is 0.410 e. The molecule has 0 aromatic rings. The van der Waals surface area contributed by atoms with Crippen molar-refractivity contribution >= 4 is 18.0 Å². The molecule has 1 amide bonds. The molecule has 0 aliphatic carbocycles. The number of likely N-dealkylation sites (tertiary alicyclic amines) is 1. The van der Waals surface area contributed by atoms with Crippen molar-refractivity contribution in [2.75, 3.05) is 13.1 Å². The van der Waals surface area contributed by atoms with Gasteiger partial charge in [-0.1, -0.05) is 0 Å². The van der Waals surface area contributed by atoms with Crippen molar-refractivity contribution in [3.05, 3.63) is 0 Å². The Morgan fingerprint density at radius 2 is 1.68 bits per heavy atom. The fourth-order valence-electron chi connectivity index (χ4n) is 2.33. The van der Waals surface area contributed by atoms with E-state index in [0.717, 1.165) is 0 Å². The van der Waals surface area contributed by atoms with Gasteiger partial charge < -0.3 is 14.4 Å². The number of esters is 2. The van der Waals surface area contributed by atoms with Crippen LogP contribution in [0.3, 0.4) is 0 Å². The summed E-state index contributed by atoms with van der Waals surface area (Å²) in [4.78, 5) is 35.7. The van der Waals surface area contributed by atoms with Crippen molar-refractivity contribution < 1.29 is 23.9 Å². The zero-order valence-corrected chi connectivity index (χ0v) is 11.5. The van der Waals surface area contributed by atoms with Gasteiger partial charge in [0.05, 0.1) is 0 Å². The van der Waals surface area contributed by atoms with Gasteiger partial charge in [0, 0.05) is 25.9 Å². The highest BCUT2D eigenvalue weighted by atomic mass is 16.6. The molecule has 19 heavy (non-hydrogen) atoms. The van der Waals surface area contributed by atoms with E-state index in [9.17, 15) is 14.4 Å². The lowest BCUT2D eigenvalue weighted by Crippen LogP contribution is -2.55. The van der Waals surface area contributed by atoms with Gasteiger partial charge in [0.2, 0.25) is 0 Å². The number of rotatable bonds is 1. The molecule has 2 aliphatic rings. The van der Waals surface area contributed by atoms with Crippen molar-refractivity contribution in [1.82, 2.24) is 4.90 Å². The number of hydrogen-bond donors (Lipinski definition) is 0. The normalized spacial score (nSPS) is 21.9. The minimum Gasteiger partial charge on any atom is -0.444 e. The highest BCUT2D eigenvalue weighted by molar-refractivity contribution is 5.88. The summed E-state index contributed by atoms with van der Waals surface area (Å²) in [5, 5.41) is 0. The second-order valence-corrected chi connectivity index (χ2v) is 6.16. The molecule has 2 aliphatic heterocycles. The van der Waals surface area contributed by atoms with E-state index in [0.29, 0.717) is 13.1 Å². The number of nitrogens with zero attached hydrogens (tertiary/aromatic N) is 1. The van der Waals surface area contributed by atoms with E-state index in [1.165, 1.54) is 0 Å². The van der Waals surface area contributed by atoms with E-state index in [2.05, 4.69) is 4.74 Å². The van der Waals surface area contributed by atoms with Gasteiger partial charge in [0.15, 0.2) is 0 Å². The third-order valence-corrected chi connectivity index (χ3v) is 3.31. The molecule has 0 atom stereocenters. The number of amides is 1. The van der Waals surface area contributed by atoms with Gasteiger partial charge in [-0.05, 0) is 32.6 Å². The molecular formula is C13H19NO5. The van der Waals surface area contributed by atoms with Crippen molar-refractivity contribution in [3.8, 4) is 0 Å². The average molecular weight is 269 g/mol. The quantitative estimate of drug-likeness (QED) is 0.530. The number of hydrogen-bond acceptors (Lipinski definition) is 5. The van der Waals surface area contributed by atoms with Crippen LogP contribution in [-0.4, -0.2) is 41.6 Å². The van der Waals surface area contributed by atoms with Crippen LogP contribution in [0.2, 0.25) is 0 Å². The zero-order chi connectivity index (χ0) is 14.2. The molecule has 0 aromatic heterocycles. The second-order valence-electron chi connectivity index (χ2n) is 6.16. The van der Waals surface area contributed by atoms with Gasteiger partial charge in [0.25, 0.3) is 0 Å². The summed E-state index contributed by atoms with van der Waals surface area (Å²) in [5.74, 6) is -0.745. The Bertz CT molecular complexity index is 390. The molecule has 2 rings (SSSR count). The Kier molecular flexibility index (Phi) is 3.52. The number of carbonyl (C=O) groups excluding carboxylic acids is 3. The van der Waals surface area contributed by atoms with Crippen LogP contribution in [0.1, 0.15) is 33.6 Å². The van der Waals surface area contributed by atoms with Crippen molar-refractivity contribution in [3.63, 3.8) is 0 Å². The molecule has 106 valence electrons. The van der Waals surface area contributed by atoms with Crippen LogP contribution in [0.5, 0.6) is 0 Å². The molecule has 2 fully saturated rings. The molecule has 6 nitrogen and oxygen atoms in total. The Labute approximate surface area is 112 Å². The van der Waals surface area contributed by atoms with Crippen LogP contribution in [-0.2, 0) is 19.1 Å². The third kappa shape index (κ3) is 3.45. The Morgan fingerprint density at radius 1 is 1.16 bits per heavy atom. The summed E-state index contributed by atoms with van der Waals surface area (Å²) >= 11 is 0. The van der Waals surface area contributed by atoms with Crippen LogP contribution >= 0.6 is 0 Å². The van der Waals surface area contributed by atoms with Gasteiger partial charge in [-0.15, -0.1) is 0 Å². The van der Waals surface area contributed by atoms with Crippen molar-refractivity contribution in [1.29, 1.82) is 0 Å². The van der Waals surface area contributed by atoms with E-state index < -0.39 is 17.5 Å². The fourth-order valence-corrected chi connectivity index (χ4v) is 2.33. The van der Waals surface area contributed by atoms with Crippen LogP contribution in [0, 0.1) is 11.8 Å². The summed E-state index contributed by atoms with van der Waals surface area (Å²) in [6.07, 6.45) is 0.186. The predicted octanol–water partition coefficient (Wildman–Crippen LogP) is 1.33. The molecule has 0 N–H and O–H groups in total. The SMILES string of the molecule is CC(C)(C)OC(=O)N1CC(C2CC(=O)OC(=O)C2)C1. The van der Waals surface area contributed by atoms with Gasteiger partial charge in [-0.3, -0.25) is 9.59 Å². The monoisotopic (exact) mass is 269 g/mol. The number of ether oxygens (including phenoxy) is 2. The standard InChI is InChI=1S/C13H19NO5/c1-13(2,3)19-12(17)14-6-9(7-14)8-4-10(15)18-11(16)5-8/h8-9H,4-7H2,1-3H3. The maximum Gasteiger partial charge on any atom is 0.410 e. The summed E-state index contributed by atoms with van der Waals surface area (Å²) in [6.45, 7) is 6.54. The van der Waals surface area contributed by atoms with Gasteiger partial charge in [-0.2, -0.15) is 0 Å². The highest BCUT2D eigenvalue weighted by Gasteiger charge is 2.41. The average Bonchev–Trinajstić information content (AvgIpc) is 2.09. The molecule has 2 heterocycles. The Morgan fingerprint density at radius 3 is 2.16 bits per heavy atom. The molecule has 0 saturated carbocycles. The molecular weight excluding hydrogens is 250 g/mol. The first-order valence-electron chi connectivity index (χ1n) is 6.46. The third-order valence-electron chi connectivity index (χ3n) is 3.31. The molecule has 2 saturated heterocycles. The van der Waals surface area contributed by atoms with Crippen LogP contribution < -0.4 is 0 Å². The van der Waals surface area contributed by atoms with Gasteiger partial charge in [-0.25, -0.2) is 4.79 Å². The first-order valence-corrected chi connectivity index (χ1v) is 6.46.